The van der Waals surface area contributed by atoms with Gasteiger partial charge in [0.15, 0.2) is 0 Å². The molecule has 1 saturated carbocycles. The maximum absolute atomic E-state index is 13.4. The zero-order chi connectivity index (χ0) is 22.7. The van der Waals surface area contributed by atoms with E-state index in [1.807, 2.05) is 44.2 Å². The van der Waals surface area contributed by atoms with Crippen molar-refractivity contribution in [2.24, 2.45) is 11.8 Å². The second-order valence-electron chi connectivity index (χ2n) is 8.53. The summed E-state index contributed by atoms with van der Waals surface area (Å²) in [5, 5.41) is 2.86. The molecule has 1 aliphatic carbocycles. The monoisotopic (exact) mass is 434 g/mol. The molecule has 1 fully saturated rings. The lowest BCUT2D eigenvalue weighted by Gasteiger charge is -2.24. The largest absolute Gasteiger partial charge is 0.333 e. The number of aromatic nitrogens is 2. The molecule has 1 aromatic heterocycles. The molecule has 166 valence electrons. The number of carbonyl (C=O) groups excluding carboxylic acids is 2. The number of rotatable bonds is 8. The highest BCUT2D eigenvalue weighted by molar-refractivity contribution is 5.94. The first-order valence-corrected chi connectivity index (χ1v) is 10.9. The van der Waals surface area contributed by atoms with Crippen molar-refractivity contribution in [2.75, 3.05) is 18.4 Å². The highest BCUT2D eigenvalue weighted by Gasteiger charge is 2.29. The molecule has 1 heterocycles. The summed E-state index contributed by atoms with van der Waals surface area (Å²) >= 11 is 0. The molecule has 0 saturated heterocycles. The Hall–Kier alpha value is -3.48. The molecule has 6 nitrogen and oxygen atoms in total. The maximum atomic E-state index is 13.4. The van der Waals surface area contributed by atoms with Gasteiger partial charge in [-0.1, -0.05) is 44.2 Å². The van der Waals surface area contributed by atoms with Gasteiger partial charge in [0.1, 0.15) is 5.82 Å². The van der Waals surface area contributed by atoms with Gasteiger partial charge in [0.25, 0.3) is 0 Å². The van der Waals surface area contributed by atoms with Crippen LogP contribution in [0.4, 0.5) is 10.3 Å². The van der Waals surface area contributed by atoms with Crippen LogP contribution in [0, 0.1) is 17.7 Å². The number of hydrogen-bond donors (Lipinski definition) is 1. The summed E-state index contributed by atoms with van der Waals surface area (Å²) in [5.74, 6) is -0.0505. The second-order valence-corrected chi connectivity index (χ2v) is 8.53. The van der Waals surface area contributed by atoms with Crippen LogP contribution in [0.2, 0.25) is 0 Å². The molecule has 0 unspecified atom stereocenters. The molecular weight excluding hydrogens is 407 g/mol. The predicted octanol–water partition coefficient (Wildman–Crippen LogP) is 4.51. The van der Waals surface area contributed by atoms with Gasteiger partial charge < -0.3 is 4.90 Å². The number of hydrogen-bond acceptors (Lipinski definition) is 3. The summed E-state index contributed by atoms with van der Waals surface area (Å²) in [4.78, 5) is 31.8. The predicted molar refractivity (Wildman–Crippen MR) is 122 cm³/mol. The van der Waals surface area contributed by atoms with Crippen molar-refractivity contribution < 1.29 is 14.0 Å². The number of nitrogens with one attached hydrogen (secondary N) is 1. The van der Waals surface area contributed by atoms with Crippen LogP contribution in [-0.4, -0.2) is 39.4 Å². The first-order chi connectivity index (χ1) is 15.4. The number of halogens is 1. The van der Waals surface area contributed by atoms with Gasteiger partial charge in [0.2, 0.25) is 17.8 Å². The molecular formula is C25H27FN4O2. The highest BCUT2D eigenvalue weighted by Crippen LogP contribution is 2.30. The Labute approximate surface area is 187 Å². The van der Waals surface area contributed by atoms with E-state index in [1.165, 1.54) is 12.1 Å². The van der Waals surface area contributed by atoms with Crippen molar-refractivity contribution in [1.29, 1.82) is 0 Å². The van der Waals surface area contributed by atoms with Gasteiger partial charge in [-0.05, 0) is 43.0 Å². The molecule has 0 bridgehead atoms. The van der Waals surface area contributed by atoms with Crippen molar-refractivity contribution in [3.05, 3.63) is 66.6 Å². The van der Waals surface area contributed by atoms with Crippen molar-refractivity contribution in [3.8, 4) is 16.9 Å². The third kappa shape index (κ3) is 5.22. The summed E-state index contributed by atoms with van der Waals surface area (Å²) in [5.41, 5.74) is 2.25. The molecule has 2 amide bonds. The van der Waals surface area contributed by atoms with E-state index in [1.54, 1.807) is 27.8 Å². The van der Waals surface area contributed by atoms with E-state index in [9.17, 15) is 14.0 Å². The summed E-state index contributed by atoms with van der Waals surface area (Å²) in [7, 11) is 0. The molecule has 1 aliphatic rings. The van der Waals surface area contributed by atoms with Crippen LogP contribution in [-0.2, 0) is 9.59 Å². The normalized spacial score (nSPS) is 13.2. The molecule has 32 heavy (non-hydrogen) atoms. The Kier molecular flexibility index (Phi) is 6.35. The minimum absolute atomic E-state index is 0.0234. The first-order valence-electron chi connectivity index (χ1n) is 10.9. The van der Waals surface area contributed by atoms with Gasteiger partial charge in [0, 0.05) is 29.9 Å². The van der Waals surface area contributed by atoms with E-state index < -0.39 is 0 Å². The third-order valence-corrected chi connectivity index (χ3v) is 5.45. The van der Waals surface area contributed by atoms with Crippen LogP contribution in [0.5, 0.6) is 0 Å². The van der Waals surface area contributed by atoms with E-state index in [2.05, 4.69) is 10.3 Å². The van der Waals surface area contributed by atoms with Crippen LogP contribution < -0.4 is 5.32 Å². The number of anilines is 1. The van der Waals surface area contributed by atoms with Gasteiger partial charge in [-0.3, -0.25) is 19.5 Å². The quantitative estimate of drug-likeness (QED) is 0.567. The Morgan fingerprint density at radius 1 is 1.12 bits per heavy atom. The van der Waals surface area contributed by atoms with E-state index in [0.29, 0.717) is 29.8 Å². The summed E-state index contributed by atoms with van der Waals surface area (Å²) in [6.45, 7) is 4.26. The molecule has 0 aliphatic heterocycles. The van der Waals surface area contributed by atoms with Crippen LogP contribution in [0.15, 0.2) is 60.8 Å². The van der Waals surface area contributed by atoms with Crippen LogP contribution in [0.25, 0.3) is 16.9 Å². The van der Waals surface area contributed by atoms with Crippen molar-refractivity contribution in [1.82, 2.24) is 14.5 Å². The van der Waals surface area contributed by atoms with E-state index in [4.69, 9.17) is 0 Å². The fourth-order valence-corrected chi connectivity index (χ4v) is 3.56. The summed E-state index contributed by atoms with van der Waals surface area (Å²) in [6, 6.07) is 15.6. The molecule has 4 rings (SSSR count). The number of nitrogens with zero attached hydrogens (tertiary/aromatic N) is 3. The topological polar surface area (TPSA) is 67.2 Å². The van der Waals surface area contributed by atoms with Gasteiger partial charge in [-0.25, -0.2) is 9.37 Å². The van der Waals surface area contributed by atoms with Crippen molar-refractivity contribution in [3.63, 3.8) is 0 Å². The average molecular weight is 435 g/mol. The first kappa shape index (κ1) is 21.7. The maximum Gasteiger partial charge on any atom is 0.246 e. The molecule has 3 aromatic rings. The third-order valence-electron chi connectivity index (χ3n) is 5.45. The fourth-order valence-electron chi connectivity index (χ4n) is 3.56. The summed E-state index contributed by atoms with van der Waals surface area (Å²) in [6.07, 6.45) is 4.00. The Balaban J connectivity index is 1.59. The Morgan fingerprint density at radius 2 is 1.81 bits per heavy atom. The van der Waals surface area contributed by atoms with E-state index in [-0.39, 0.29) is 30.1 Å². The smallest absolute Gasteiger partial charge is 0.246 e. The number of benzene rings is 2. The van der Waals surface area contributed by atoms with E-state index in [0.717, 1.165) is 18.4 Å². The fraction of sp³-hybridized carbons (Fsp3) is 0.320. The van der Waals surface area contributed by atoms with Gasteiger partial charge in [0.05, 0.1) is 12.2 Å². The number of imidazole rings is 1. The number of carbonyl (C=O) groups is 2. The lowest BCUT2D eigenvalue weighted by atomic mass is 10.2. The molecule has 0 spiro atoms. The highest BCUT2D eigenvalue weighted by atomic mass is 19.1. The second kappa shape index (κ2) is 9.34. The van der Waals surface area contributed by atoms with Gasteiger partial charge in [-0.15, -0.1) is 0 Å². The molecule has 0 radical (unpaired) electrons. The molecule has 1 N–H and O–H groups in total. The Morgan fingerprint density at radius 3 is 2.44 bits per heavy atom. The zero-order valence-electron chi connectivity index (χ0n) is 18.3. The Bertz CT molecular complexity index is 1090. The number of amides is 2. The lowest BCUT2D eigenvalue weighted by molar-refractivity contribution is -0.137. The standard InChI is InChI=1S/C25H27FN4O2/c1-17(2)24(32)29(14-18-8-9-18)16-23(31)28-25-27-22(19-6-4-3-5-7-19)15-30(25)21-12-10-20(26)11-13-21/h3-7,10-13,15,17-18H,8-9,14,16H2,1-2H3,(H,27,28,31). The van der Waals surface area contributed by atoms with Crippen LogP contribution in [0.1, 0.15) is 26.7 Å². The van der Waals surface area contributed by atoms with Crippen molar-refractivity contribution >= 4 is 17.8 Å². The zero-order valence-corrected chi connectivity index (χ0v) is 18.3. The van der Waals surface area contributed by atoms with Crippen LogP contribution >= 0.6 is 0 Å². The minimum Gasteiger partial charge on any atom is -0.333 e. The average Bonchev–Trinajstić information content (AvgIpc) is 3.51. The molecule has 7 heteroatoms. The van der Waals surface area contributed by atoms with Crippen LogP contribution in [0.3, 0.4) is 0 Å². The van der Waals surface area contributed by atoms with Crippen molar-refractivity contribution in [2.45, 2.75) is 26.7 Å². The van der Waals surface area contributed by atoms with E-state index >= 15 is 0 Å². The molecule has 2 aromatic carbocycles. The molecule has 0 atom stereocenters. The van der Waals surface area contributed by atoms with Gasteiger partial charge >= 0.3 is 0 Å². The lowest BCUT2D eigenvalue weighted by Crippen LogP contribution is -2.41. The summed E-state index contributed by atoms with van der Waals surface area (Å²) < 4.78 is 15.2. The minimum atomic E-state index is -0.342. The van der Waals surface area contributed by atoms with Gasteiger partial charge in [-0.2, -0.15) is 0 Å². The SMILES string of the molecule is CC(C)C(=O)N(CC(=O)Nc1nc(-c2ccccc2)cn1-c1ccc(F)cc1)CC1CC1.